The molecule has 1 aliphatic carbocycles. The Morgan fingerprint density at radius 2 is 2.19 bits per heavy atom. The average molecular weight is 372 g/mol. The lowest BCUT2D eigenvalue weighted by atomic mass is 9.90. The van der Waals surface area contributed by atoms with Gasteiger partial charge in [0.25, 0.3) is 5.91 Å². The topological polar surface area (TPSA) is 62.7 Å². The molecule has 2 aromatic heterocycles. The molecule has 2 aromatic rings. The standard InChI is InChI=1S/C20H24N2O3S/c1-25-19-15(12-14-4-2-5-16(14)21-19)20(24)22-9-7-13(8-10-22)18(23)17-6-3-11-26-17/h3,6,11-13,18,23H,2,4-5,7-10H2,1H3/t18-/m1/s1. The van der Waals surface area contributed by atoms with Gasteiger partial charge in [0.2, 0.25) is 5.88 Å². The first-order valence-electron chi connectivity index (χ1n) is 9.25. The maximum absolute atomic E-state index is 13.0. The number of aliphatic hydroxyl groups is 1. The molecule has 2 aliphatic rings. The Morgan fingerprint density at radius 1 is 1.38 bits per heavy atom. The summed E-state index contributed by atoms with van der Waals surface area (Å²) in [6, 6.07) is 5.92. The van der Waals surface area contributed by atoms with Gasteiger partial charge in [0, 0.05) is 23.7 Å². The van der Waals surface area contributed by atoms with Gasteiger partial charge in [0.1, 0.15) is 5.56 Å². The quantitative estimate of drug-likeness (QED) is 0.895. The number of aromatic nitrogens is 1. The molecule has 1 aliphatic heterocycles. The second kappa shape index (κ2) is 7.37. The summed E-state index contributed by atoms with van der Waals surface area (Å²) < 4.78 is 5.39. The molecule has 4 rings (SSSR count). The van der Waals surface area contributed by atoms with Crippen LogP contribution in [0.3, 0.4) is 0 Å². The van der Waals surface area contributed by atoms with E-state index in [1.807, 2.05) is 28.5 Å². The van der Waals surface area contributed by atoms with Crippen LogP contribution in [0.15, 0.2) is 23.6 Å². The lowest BCUT2D eigenvalue weighted by Gasteiger charge is -2.34. The third-order valence-electron chi connectivity index (χ3n) is 5.55. The van der Waals surface area contributed by atoms with Crippen LogP contribution in [-0.4, -0.2) is 41.1 Å². The number of aryl methyl sites for hydroxylation is 2. The van der Waals surface area contributed by atoms with Crippen molar-refractivity contribution in [1.29, 1.82) is 0 Å². The van der Waals surface area contributed by atoms with Crippen molar-refractivity contribution >= 4 is 17.2 Å². The minimum atomic E-state index is -0.427. The molecule has 1 atom stereocenters. The van der Waals surface area contributed by atoms with E-state index in [-0.39, 0.29) is 11.8 Å². The zero-order valence-electron chi connectivity index (χ0n) is 15.0. The number of methoxy groups -OCH3 is 1. The molecule has 0 radical (unpaired) electrons. The van der Waals surface area contributed by atoms with Crippen molar-refractivity contribution in [2.75, 3.05) is 20.2 Å². The van der Waals surface area contributed by atoms with Gasteiger partial charge in [0.15, 0.2) is 0 Å². The van der Waals surface area contributed by atoms with Crippen molar-refractivity contribution in [3.63, 3.8) is 0 Å². The smallest absolute Gasteiger partial charge is 0.259 e. The number of hydrogen-bond donors (Lipinski definition) is 1. The van der Waals surface area contributed by atoms with Crippen molar-refractivity contribution in [2.45, 2.75) is 38.2 Å². The number of piperidine rings is 1. The van der Waals surface area contributed by atoms with Gasteiger partial charge >= 0.3 is 0 Å². The van der Waals surface area contributed by atoms with Gasteiger partial charge in [-0.2, -0.15) is 0 Å². The summed E-state index contributed by atoms with van der Waals surface area (Å²) in [6.07, 6.45) is 4.24. The highest BCUT2D eigenvalue weighted by molar-refractivity contribution is 7.10. The Hall–Kier alpha value is -1.92. The minimum Gasteiger partial charge on any atom is -0.480 e. The lowest BCUT2D eigenvalue weighted by molar-refractivity contribution is 0.0471. The number of carbonyl (C=O) groups is 1. The van der Waals surface area contributed by atoms with Crippen LogP contribution in [0.2, 0.25) is 0 Å². The van der Waals surface area contributed by atoms with E-state index in [0.29, 0.717) is 24.5 Å². The van der Waals surface area contributed by atoms with E-state index in [2.05, 4.69) is 4.98 Å². The highest BCUT2D eigenvalue weighted by atomic mass is 32.1. The maximum Gasteiger partial charge on any atom is 0.259 e. The number of aliphatic hydroxyl groups excluding tert-OH is 1. The van der Waals surface area contributed by atoms with E-state index in [9.17, 15) is 9.90 Å². The van der Waals surface area contributed by atoms with Crippen LogP contribution in [-0.2, 0) is 12.8 Å². The van der Waals surface area contributed by atoms with Crippen LogP contribution < -0.4 is 4.74 Å². The number of hydrogen-bond acceptors (Lipinski definition) is 5. The van der Waals surface area contributed by atoms with Crippen molar-refractivity contribution < 1.29 is 14.6 Å². The predicted octanol–water partition coefficient (Wildman–Crippen LogP) is 3.23. The summed E-state index contributed by atoms with van der Waals surface area (Å²) in [5.74, 6) is 0.641. The normalized spacial score (nSPS) is 18.6. The van der Waals surface area contributed by atoms with Gasteiger partial charge in [-0.15, -0.1) is 11.3 Å². The Bertz CT molecular complexity index is 783. The first kappa shape index (κ1) is 17.5. The fourth-order valence-electron chi connectivity index (χ4n) is 4.04. The largest absolute Gasteiger partial charge is 0.480 e. The van der Waals surface area contributed by atoms with E-state index in [1.165, 1.54) is 5.56 Å². The second-order valence-electron chi connectivity index (χ2n) is 7.09. The molecule has 5 nitrogen and oxygen atoms in total. The van der Waals surface area contributed by atoms with E-state index in [0.717, 1.165) is 42.7 Å². The van der Waals surface area contributed by atoms with Crippen LogP contribution >= 0.6 is 11.3 Å². The summed E-state index contributed by atoms with van der Waals surface area (Å²) >= 11 is 1.59. The van der Waals surface area contributed by atoms with Crippen molar-refractivity contribution in [3.8, 4) is 5.88 Å². The van der Waals surface area contributed by atoms with E-state index in [1.54, 1.807) is 18.4 Å². The molecule has 0 unspecified atom stereocenters. The number of fused-ring (bicyclic) bond motifs is 1. The highest BCUT2D eigenvalue weighted by Crippen LogP contribution is 2.34. The van der Waals surface area contributed by atoms with Gasteiger partial charge in [-0.3, -0.25) is 4.79 Å². The van der Waals surface area contributed by atoms with Crippen LogP contribution in [0.25, 0.3) is 0 Å². The summed E-state index contributed by atoms with van der Waals surface area (Å²) in [5.41, 5.74) is 2.82. The van der Waals surface area contributed by atoms with Crippen LogP contribution in [0, 0.1) is 5.92 Å². The van der Waals surface area contributed by atoms with E-state index >= 15 is 0 Å². The van der Waals surface area contributed by atoms with E-state index < -0.39 is 6.10 Å². The molecule has 6 heteroatoms. The number of nitrogens with zero attached hydrogens (tertiary/aromatic N) is 2. The Labute approximate surface area is 157 Å². The minimum absolute atomic E-state index is 0.00638. The number of rotatable bonds is 4. The number of carbonyl (C=O) groups excluding carboxylic acids is 1. The summed E-state index contributed by atoms with van der Waals surface area (Å²) in [5, 5.41) is 12.5. The van der Waals surface area contributed by atoms with Gasteiger partial charge in [0.05, 0.1) is 13.2 Å². The Morgan fingerprint density at radius 3 is 2.88 bits per heavy atom. The number of pyridine rings is 1. The predicted molar refractivity (Wildman–Crippen MR) is 101 cm³/mol. The summed E-state index contributed by atoms with van der Waals surface area (Å²) in [6.45, 7) is 1.32. The number of likely N-dealkylation sites (tertiary alicyclic amines) is 1. The zero-order valence-corrected chi connectivity index (χ0v) is 15.8. The fourth-order valence-corrected chi connectivity index (χ4v) is 4.85. The molecule has 0 aromatic carbocycles. The van der Waals surface area contributed by atoms with Gasteiger partial charge in [-0.05, 0) is 61.1 Å². The third kappa shape index (κ3) is 3.23. The molecular formula is C20H24N2O3S. The lowest BCUT2D eigenvalue weighted by Crippen LogP contribution is -2.40. The molecule has 1 amide bonds. The number of ether oxygens (including phenoxy) is 1. The molecule has 1 saturated heterocycles. The Balaban J connectivity index is 1.46. The monoisotopic (exact) mass is 372 g/mol. The number of amides is 1. The van der Waals surface area contributed by atoms with Gasteiger partial charge in [-0.25, -0.2) is 4.98 Å². The molecular weight excluding hydrogens is 348 g/mol. The first-order valence-corrected chi connectivity index (χ1v) is 10.1. The van der Waals surface area contributed by atoms with Crippen LogP contribution in [0.4, 0.5) is 0 Å². The van der Waals surface area contributed by atoms with E-state index in [4.69, 9.17) is 4.74 Å². The average Bonchev–Trinajstić information content (AvgIpc) is 3.37. The Kier molecular flexibility index (Phi) is 4.96. The molecule has 3 heterocycles. The molecule has 0 saturated carbocycles. The summed E-state index contributed by atoms with van der Waals surface area (Å²) in [7, 11) is 1.57. The zero-order chi connectivity index (χ0) is 18.1. The number of thiophene rings is 1. The highest BCUT2D eigenvalue weighted by Gasteiger charge is 2.31. The molecule has 138 valence electrons. The summed E-state index contributed by atoms with van der Waals surface area (Å²) in [4.78, 5) is 20.5. The third-order valence-corrected chi connectivity index (χ3v) is 6.49. The SMILES string of the molecule is COc1nc2c(cc1C(=O)N1CCC([C@@H](O)c3cccs3)CC1)CCC2. The molecule has 1 fully saturated rings. The van der Waals surface area contributed by atoms with Crippen LogP contribution in [0.1, 0.15) is 51.9 Å². The van der Waals surface area contributed by atoms with Crippen molar-refractivity contribution in [1.82, 2.24) is 9.88 Å². The van der Waals surface area contributed by atoms with Gasteiger partial charge < -0.3 is 14.7 Å². The van der Waals surface area contributed by atoms with Crippen LogP contribution in [0.5, 0.6) is 5.88 Å². The maximum atomic E-state index is 13.0. The molecule has 0 bridgehead atoms. The molecule has 1 N–H and O–H groups in total. The molecule has 0 spiro atoms. The van der Waals surface area contributed by atoms with Crippen molar-refractivity contribution in [3.05, 3.63) is 45.3 Å². The van der Waals surface area contributed by atoms with Gasteiger partial charge in [-0.1, -0.05) is 6.07 Å². The first-order chi connectivity index (χ1) is 12.7. The fraction of sp³-hybridized carbons (Fsp3) is 0.500. The molecule has 26 heavy (non-hydrogen) atoms. The second-order valence-corrected chi connectivity index (χ2v) is 8.07. The van der Waals surface area contributed by atoms with Crippen molar-refractivity contribution in [2.24, 2.45) is 5.92 Å².